The molecule has 0 radical (unpaired) electrons. The van der Waals surface area contributed by atoms with E-state index in [0.29, 0.717) is 13.2 Å². The molecule has 1 aromatic heterocycles. The summed E-state index contributed by atoms with van der Waals surface area (Å²) < 4.78 is 13.9. The first-order valence-corrected chi connectivity index (χ1v) is 10.9. The minimum Gasteiger partial charge on any atom is -0.492 e. The molecule has 0 saturated carbocycles. The number of rotatable bonds is 7. The van der Waals surface area contributed by atoms with Gasteiger partial charge in [-0.15, -0.1) is 0 Å². The lowest BCUT2D eigenvalue weighted by atomic mass is 9.95. The summed E-state index contributed by atoms with van der Waals surface area (Å²) in [5.74, 6) is 1.52. The Kier molecular flexibility index (Phi) is 5.42. The van der Waals surface area contributed by atoms with E-state index < -0.39 is 0 Å². The molecule has 162 valence electrons. The number of imidazole rings is 1. The van der Waals surface area contributed by atoms with Gasteiger partial charge in [0.1, 0.15) is 6.33 Å². The van der Waals surface area contributed by atoms with Crippen molar-refractivity contribution in [2.75, 3.05) is 44.1 Å². The van der Waals surface area contributed by atoms with Crippen LogP contribution >= 0.6 is 0 Å². The van der Waals surface area contributed by atoms with Crippen molar-refractivity contribution < 1.29 is 9.47 Å². The van der Waals surface area contributed by atoms with Crippen molar-refractivity contribution in [2.45, 2.75) is 25.8 Å². The van der Waals surface area contributed by atoms with Crippen molar-refractivity contribution in [1.82, 2.24) is 14.6 Å². The summed E-state index contributed by atoms with van der Waals surface area (Å²) in [7, 11) is 1.69. The minimum absolute atomic E-state index is 0.677. The zero-order valence-corrected chi connectivity index (χ0v) is 18.0. The van der Waals surface area contributed by atoms with Crippen LogP contribution in [0.1, 0.15) is 30.4 Å². The summed E-state index contributed by atoms with van der Waals surface area (Å²) >= 11 is 0. The Morgan fingerprint density at radius 3 is 2.81 bits per heavy atom. The fourth-order valence-electron chi connectivity index (χ4n) is 4.61. The van der Waals surface area contributed by atoms with Crippen LogP contribution in [0.25, 0.3) is 16.8 Å². The second-order valence-electron chi connectivity index (χ2n) is 8.16. The van der Waals surface area contributed by atoms with Gasteiger partial charge in [-0.3, -0.25) is 5.01 Å². The summed E-state index contributed by atoms with van der Waals surface area (Å²) in [6.07, 6.45) is 13.2. The predicted molar refractivity (Wildman–Crippen MR) is 124 cm³/mol. The van der Waals surface area contributed by atoms with Gasteiger partial charge in [0.2, 0.25) is 0 Å². The fourth-order valence-corrected chi connectivity index (χ4v) is 4.61. The molecule has 0 aliphatic carbocycles. The van der Waals surface area contributed by atoms with Crippen molar-refractivity contribution >= 4 is 22.5 Å². The van der Waals surface area contributed by atoms with Crippen molar-refractivity contribution in [3.05, 3.63) is 54.2 Å². The Hall–Kier alpha value is -3.19. The van der Waals surface area contributed by atoms with E-state index in [1.807, 2.05) is 29.2 Å². The van der Waals surface area contributed by atoms with E-state index in [1.54, 1.807) is 19.6 Å². The third kappa shape index (κ3) is 3.81. The zero-order valence-electron chi connectivity index (χ0n) is 18.0. The summed E-state index contributed by atoms with van der Waals surface area (Å²) in [6, 6.07) is 6.19. The second kappa shape index (κ2) is 8.51. The van der Waals surface area contributed by atoms with Gasteiger partial charge in [-0.05, 0) is 62.2 Å². The molecule has 0 unspecified atom stereocenters. The van der Waals surface area contributed by atoms with Gasteiger partial charge in [0.05, 0.1) is 20.3 Å². The number of benzene rings is 2. The number of nitrogens with two attached hydrogens (primary N) is 1. The van der Waals surface area contributed by atoms with E-state index in [9.17, 15) is 0 Å². The van der Waals surface area contributed by atoms with Crippen LogP contribution in [0.15, 0.2) is 43.1 Å². The van der Waals surface area contributed by atoms with Crippen LogP contribution in [0.4, 0.5) is 5.69 Å². The standard InChI is InChI=1S/C24H29N5O2/c1-30-24-21-15-18-16-28(29-13-8-26-17-29)12-7-19(18)23(25)20(21)5-6-22(24)31-14-4-11-27-9-2-3-10-27/h5-8,12-13,15,17H,2-4,9-11,14,16,25H2,1H3. The fraction of sp³-hybridized carbons (Fsp3) is 0.375. The van der Waals surface area contributed by atoms with E-state index in [0.717, 1.165) is 52.1 Å². The molecule has 2 aromatic carbocycles. The smallest absolute Gasteiger partial charge is 0.168 e. The predicted octanol–water partition coefficient (Wildman–Crippen LogP) is 3.61. The van der Waals surface area contributed by atoms with E-state index in [1.165, 1.54) is 25.9 Å². The molecule has 0 amide bonds. The van der Waals surface area contributed by atoms with Gasteiger partial charge in [0.15, 0.2) is 11.5 Å². The maximum atomic E-state index is 6.58. The normalized spacial score (nSPS) is 16.1. The molecule has 0 atom stereocenters. The minimum atomic E-state index is 0.677. The third-order valence-electron chi connectivity index (χ3n) is 6.22. The SMILES string of the molecule is COc1c(OCCCN2CCCC2)ccc2c(N)c3c(cc12)CN(n1ccnc1)C=C3. The lowest BCUT2D eigenvalue weighted by Crippen LogP contribution is -2.29. The maximum absolute atomic E-state index is 6.58. The number of hydrogen-bond donors (Lipinski definition) is 1. The molecule has 3 aromatic rings. The Morgan fingerprint density at radius 2 is 2.03 bits per heavy atom. The van der Waals surface area contributed by atoms with Crippen molar-refractivity contribution in [3.8, 4) is 11.5 Å². The number of aromatic nitrogens is 2. The maximum Gasteiger partial charge on any atom is 0.168 e. The summed E-state index contributed by atoms with van der Waals surface area (Å²) in [5.41, 5.74) is 9.55. The van der Waals surface area contributed by atoms with Crippen molar-refractivity contribution in [1.29, 1.82) is 0 Å². The van der Waals surface area contributed by atoms with Crippen LogP contribution in [0.2, 0.25) is 0 Å². The molecular formula is C24H29N5O2. The number of hydrogen-bond acceptors (Lipinski definition) is 6. The lowest BCUT2D eigenvalue weighted by Gasteiger charge is -2.27. The van der Waals surface area contributed by atoms with Gasteiger partial charge >= 0.3 is 0 Å². The second-order valence-corrected chi connectivity index (χ2v) is 8.16. The third-order valence-corrected chi connectivity index (χ3v) is 6.22. The van der Waals surface area contributed by atoms with Gasteiger partial charge in [-0.1, -0.05) is 0 Å². The Morgan fingerprint density at radius 1 is 1.16 bits per heavy atom. The molecule has 7 heteroatoms. The highest BCUT2D eigenvalue weighted by Crippen LogP contribution is 2.41. The quantitative estimate of drug-likeness (QED) is 0.466. The number of likely N-dealkylation sites (tertiary alicyclic amines) is 1. The zero-order chi connectivity index (χ0) is 21.2. The first-order valence-electron chi connectivity index (χ1n) is 10.9. The van der Waals surface area contributed by atoms with Crippen LogP contribution in [0.3, 0.4) is 0 Å². The number of anilines is 1. The number of ether oxygens (including phenoxy) is 2. The highest BCUT2D eigenvalue weighted by Gasteiger charge is 2.20. The molecular weight excluding hydrogens is 390 g/mol. The molecule has 7 nitrogen and oxygen atoms in total. The topological polar surface area (TPSA) is 68.8 Å². The van der Waals surface area contributed by atoms with E-state index in [4.69, 9.17) is 15.2 Å². The molecule has 2 aliphatic rings. The van der Waals surface area contributed by atoms with Gasteiger partial charge < -0.3 is 20.1 Å². The van der Waals surface area contributed by atoms with Crippen molar-refractivity contribution in [2.24, 2.45) is 0 Å². The van der Waals surface area contributed by atoms with Gasteiger partial charge in [0, 0.05) is 47.2 Å². The van der Waals surface area contributed by atoms with Crippen LogP contribution in [-0.4, -0.2) is 47.9 Å². The average Bonchev–Trinajstić information content (AvgIpc) is 3.50. The molecule has 0 bridgehead atoms. The first kappa shape index (κ1) is 19.8. The molecule has 2 aliphatic heterocycles. The average molecular weight is 420 g/mol. The largest absolute Gasteiger partial charge is 0.492 e. The Balaban J connectivity index is 1.40. The van der Waals surface area contributed by atoms with Gasteiger partial charge in [-0.25, -0.2) is 9.66 Å². The van der Waals surface area contributed by atoms with Crippen molar-refractivity contribution in [3.63, 3.8) is 0 Å². The first-order chi connectivity index (χ1) is 15.2. The summed E-state index contributed by atoms with van der Waals surface area (Å²) in [5, 5.41) is 4.06. The van der Waals surface area contributed by atoms with E-state index in [-0.39, 0.29) is 0 Å². The van der Waals surface area contributed by atoms with Crippen LogP contribution in [0.5, 0.6) is 11.5 Å². The highest BCUT2D eigenvalue weighted by atomic mass is 16.5. The van der Waals surface area contributed by atoms with Gasteiger partial charge in [0.25, 0.3) is 0 Å². The van der Waals surface area contributed by atoms with Crippen LogP contribution in [0, 0.1) is 0 Å². The molecule has 3 heterocycles. The van der Waals surface area contributed by atoms with E-state index in [2.05, 4.69) is 27.0 Å². The van der Waals surface area contributed by atoms with E-state index >= 15 is 0 Å². The number of methoxy groups -OCH3 is 1. The number of nitrogen functional groups attached to an aromatic ring is 1. The molecule has 2 N–H and O–H groups in total. The Bertz CT molecular complexity index is 1090. The lowest BCUT2D eigenvalue weighted by molar-refractivity contribution is 0.255. The Labute approximate surface area is 182 Å². The number of nitrogens with zero attached hydrogens (tertiary/aromatic N) is 4. The van der Waals surface area contributed by atoms with Crippen LogP contribution in [-0.2, 0) is 6.54 Å². The monoisotopic (exact) mass is 419 g/mol. The highest BCUT2D eigenvalue weighted by molar-refractivity contribution is 6.02. The van der Waals surface area contributed by atoms with Gasteiger partial charge in [-0.2, -0.15) is 0 Å². The molecule has 31 heavy (non-hydrogen) atoms. The number of fused-ring (bicyclic) bond motifs is 2. The summed E-state index contributed by atoms with van der Waals surface area (Å²) in [6.45, 7) is 4.90. The summed E-state index contributed by atoms with van der Waals surface area (Å²) in [4.78, 5) is 6.65. The molecule has 1 fully saturated rings. The van der Waals surface area contributed by atoms with Crippen LogP contribution < -0.4 is 20.2 Å². The molecule has 1 saturated heterocycles. The molecule has 0 spiro atoms. The molecule has 5 rings (SSSR count).